The number of carbonyl (C=O) groups is 3. The number of unbranched alkanes of at least 4 members (excludes halogenated alkanes) is 2. The average Bonchev–Trinajstić information content (AvgIpc) is 3.39. The molecular weight excluding hydrogens is 426 g/mol. The number of likely N-dealkylation sites (tertiary alicyclic amines) is 1. The van der Waals surface area contributed by atoms with Gasteiger partial charge in [0.2, 0.25) is 17.7 Å². The lowest BCUT2D eigenvalue weighted by molar-refractivity contribution is -0.139. The van der Waals surface area contributed by atoms with Crippen LogP contribution in [-0.2, 0) is 14.4 Å². The summed E-state index contributed by atoms with van der Waals surface area (Å²) < 4.78 is -0.545. The van der Waals surface area contributed by atoms with Gasteiger partial charge in [0.1, 0.15) is 6.04 Å². The van der Waals surface area contributed by atoms with Gasteiger partial charge in [0.15, 0.2) is 0 Å². The number of aliphatic hydroxyl groups is 1. The summed E-state index contributed by atoms with van der Waals surface area (Å²) in [6, 6.07) is 8.74. The number of carbonyl (C=O) groups excluding carboxylic acids is 3. The van der Waals surface area contributed by atoms with Crippen LogP contribution in [0.25, 0.3) is 0 Å². The summed E-state index contributed by atoms with van der Waals surface area (Å²) >= 11 is 1.69. The van der Waals surface area contributed by atoms with E-state index in [2.05, 4.69) is 10.6 Å². The number of nitrogens with one attached hydrogen (secondary N) is 2. The van der Waals surface area contributed by atoms with Gasteiger partial charge in [-0.2, -0.15) is 0 Å². The molecule has 5 atom stereocenters. The smallest absolute Gasteiger partial charge is 0.244 e. The Morgan fingerprint density at radius 1 is 1.19 bits per heavy atom. The summed E-state index contributed by atoms with van der Waals surface area (Å²) in [6.07, 6.45) is 3.82. The fraction of sp³-hybridized carbons (Fsp3) is 0.625. The van der Waals surface area contributed by atoms with E-state index in [1.807, 2.05) is 44.2 Å². The Hall–Kier alpha value is -2.06. The van der Waals surface area contributed by atoms with Gasteiger partial charge in [-0.05, 0) is 58.1 Å². The molecule has 7 nitrogen and oxygen atoms in total. The van der Waals surface area contributed by atoms with Crippen LogP contribution in [0.15, 0.2) is 30.3 Å². The highest BCUT2D eigenvalue weighted by molar-refractivity contribution is 8.02. The highest BCUT2D eigenvalue weighted by Gasteiger charge is 2.73. The van der Waals surface area contributed by atoms with Crippen molar-refractivity contribution in [1.82, 2.24) is 10.2 Å². The van der Waals surface area contributed by atoms with Crippen LogP contribution < -0.4 is 10.6 Å². The maximum absolute atomic E-state index is 13.7. The van der Waals surface area contributed by atoms with Crippen LogP contribution in [0.2, 0.25) is 0 Å². The number of hydrogen-bond donors (Lipinski definition) is 3. The van der Waals surface area contributed by atoms with Gasteiger partial charge >= 0.3 is 0 Å². The SMILES string of the molecule is CC(C)NC(=O)C1N(CCCCCO)C(=O)[C@@H]2[C@@H](C(=O)Nc3ccccc3)[C@H]3CCC12S3. The first-order valence-electron chi connectivity index (χ1n) is 11.6. The van der Waals surface area contributed by atoms with Crippen molar-refractivity contribution >= 4 is 35.2 Å². The molecule has 3 N–H and O–H groups in total. The van der Waals surface area contributed by atoms with Crippen molar-refractivity contribution < 1.29 is 19.5 Å². The summed E-state index contributed by atoms with van der Waals surface area (Å²) in [5.41, 5.74) is 0.722. The third kappa shape index (κ3) is 4.03. The van der Waals surface area contributed by atoms with Crippen LogP contribution >= 0.6 is 11.8 Å². The number of anilines is 1. The minimum absolute atomic E-state index is 0.0231. The molecule has 3 saturated heterocycles. The Morgan fingerprint density at radius 3 is 2.62 bits per heavy atom. The molecule has 8 heteroatoms. The first-order chi connectivity index (χ1) is 15.4. The Bertz CT molecular complexity index is 864. The summed E-state index contributed by atoms with van der Waals surface area (Å²) in [5, 5.41) is 15.2. The standard InChI is InChI=1S/C24H33N3O4S/c1-15(2)25-22(30)20-24-12-11-17(32-24)18(21(29)26-16-9-5-3-6-10-16)19(24)23(31)27(20)13-7-4-8-14-28/h3,5-6,9-10,15,17-20,28H,4,7-8,11-14H2,1-2H3,(H,25,30)(H,26,29)/t17-,18+,19+,20?,24?/m1/s1. The number of nitrogens with zero attached hydrogens (tertiary/aromatic N) is 1. The molecule has 1 spiro atoms. The van der Waals surface area contributed by atoms with Crippen molar-refractivity contribution in [2.45, 2.75) is 68.0 Å². The van der Waals surface area contributed by atoms with E-state index in [0.29, 0.717) is 13.0 Å². The largest absolute Gasteiger partial charge is 0.396 e. The van der Waals surface area contributed by atoms with E-state index >= 15 is 0 Å². The fourth-order valence-corrected chi connectivity index (χ4v) is 7.90. The summed E-state index contributed by atoms with van der Waals surface area (Å²) in [6.45, 7) is 4.44. The van der Waals surface area contributed by atoms with E-state index in [4.69, 9.17) is 5.11 Å². The van der Waals surface area contributed by atoms with Crippen molar-refractivity contribution in [1.29, 1.82) is 0 Å². The van der Waals surface area contributed by atoms with Crippen LogP contribution in [-0.4, -0.2) is 63.0 Å². The van der Waals surface area contributed by atoms with Gasteiger partial charge in [-0.1, -0.05) is 18.2 Å². The Morgan fingerprint density at radius 2 is 1.94 bits per heavy atom. The van der Waals surface area contributed by atoms with E-state index in [1.165, 1.54) is 0 Å². The Labute approximate surface area is 193 Å². The zero-order valence-electron chi connectivity index (χ0n) is 18.8. The minimum Gasteiger partial charge on any atom is -0.396 e. The number of fused-ring (bicyclic) bond motifs is 1. The molecular formula is C24H33N3O4S. The maximum atomic E-state index is 13.7. The lowest BCUT2D eigenvalue weighted by Gasteiger charge is -2.34. The number of thioether (sulfide) groups is 1. The van der Waals surface area contributed by atoms with E-state index in [-0.39, 0.29) is 35.6 Å². The minimum atomic E-state index is -0.555. The number of rotatable bonds is 9. The fourth-order valence-electron chi connectivity index (χ4n) is 5.68. The molecule has 0 radical (unpaired) electrons. The highest BCUT2D eigenvalue weighted by Crippen LogP contribution is 2.66. The zero-order chi connectivity index (χ0) is 22.9. The molecule has 32 heavy (non-hydrogen) atoms. The molecule has 3 amide bonds. The Kier molecular flexibility index (Phi) is 6.81. The van der Waals surface area contributed by atoms with Crippen LogP contribution in [0, 0.1) is 11.8 Å². The molecule has 3 heterocycles. The van der Waals surface area contributed by atoms with Gasteiger partial charge in [0.05, 0.1) is 16.6 Å². The van der Waals surface area contributed by atoms with Crippen molar-refractivity contribution in [3.8, 4) is 0 Å². The Balaban J connectivity index is 1.61. The molecule has 2 bridgehead atoms. The third-order valence-electron chi connectivity index (χ3n) is 6.88. The average molecular weight is 460 g/mol. The van der Waals surface area contributed by atoms with E-state index in [9.17, 15) is 14.4 Å². The zero-order valence-corrected chi connectivity index (χ0v) is 19.6. The van der Waals surface area contributed by atoms with Crippen LogP contribution in [0.3, 0.4) is 0 Å². The lowest BCUT2D eigenvalue weighted by atomic mass is 9.70. The molecule has 174 valence electrons. The van der Waals surface area contributed by atoms with Gasteiger partial charge in [0, 0.05) is 30.1 Å². The number of para-hydroxylation sites is 1. The molecule has 2 unspecified atom stereocenters. The predicted molar refractivity (Wildman–Crippen MR) is 125 cm³/mol. The first kappa shape index (κ1) is 23.1. The van der Waals surface area contributed by atoms with Gasteiger partial charge in [-0.3, -0.25) is 14.4 Å². The van der Waals surface area contributed by atoms with Gasteiger partial charge < -0.3 is 20.6 Å². The van der Waals surface area contributed by atoms with Gasteiger partial charge in [-0.25, -0.2) is 0 Å². The van der Waals surface area contributed by atoms with Crippen molar-refractivity contribution in [3.63, 3.8) is 0 Å². The van der Waals surface area contributed by atoms with Crippen molar-refractivity contribution in [2.75, 3.05) is 18.5 Å². The first-order valence-corrected chi connectivity index (χ1v) is 12.5. The van der Waals surface area contributed by atoms with Crippen molar-refractivity contribution in [3.05, 3.63) is 30.3 Å². The molecule has 3 aliphatic rings. The maximum Gasteiger partial charge on any atom is 0.244 e. The molecule has 1 aromatic rings. The second-order valence-corrected chi connectivity index (χ2v) is 11.0. The molecule has 0 saturated carbocycles. The number of benzene rings is 1. The molecule has 0 aliphatic carbocycles. The number of aliphatic hydroxyl groups excluding tert-OH is 1. The normalized spacial score (nSPS) is 30.6. The monoisotopic (exact) mass is 459 g/mol. The number of amides is 3. The molecule has 3 aliphatic heterocycles. The van der Waals surface area contributed by atoms with E-state index in [1.54, 1.807) is 16.7 Å². The summed E-state index contributed by atoms with van der Waals surface area (Å²) in [5.74, 6) is -1.22. The quantitative estimate of drug-likeness (QED) is 0.493. The van der Waals surface area contributed by atoms with E-state index in [0.717, 1.165) is 31.4 Å². The molecule has 1 aromatic carbocycles. The van der Waals surface area contributed by atoms with E-state index < -0.39 is 22.6 Å². The van der Waals surface area contributed by atoms with Crippen molar-refractivity contribution in [2.24, 2.45) is 11.8 Å². The van der Waals surface area contributed by atoms with Gasteiger partial charge in [0.25, 0.3) is 0 Å². The second kappa shape index (κ2) is 9.43. The van der Waals surface area contributed by atoms with Crippen LogP contribution in [0.1, 0.15) is 46.0 Å². The van der Waals surface area contributed by atoms with Crippen LogP contribution in [0.5, 0.6) is 0 Å². The molecule has 3 fully saturated rings. The highest BCUT2D eigenvalue weighted by atomic mass is 32.2. The molecule has 0 aromatic heterocycles. The lowest BCUT2D eigenvalue weighted by Crippen LogP contribution is -2.54. The number of hydrogen-bond acceptors (Lipinski definition) is 5. The van der Waals surface area contributed by atoms with Gasteiger partial charge in [-0.15, -0.1) is 11.8 Å². The molecule has 4 rings (SSSR count). The second-order valence-electron chi connectivity index (χ2n) is 9.39. The van der Waals surface area contributed by atoms with Crippen LogP contribution in [0.4, 0.5) is 5.69 Å². The summed E-state index contributed by atoms with van der Waals surface area (Å²) in [7, 11) is 0. The topological polar surface area (TPSA) is 98.7 Å². The third-order valence-corrected chi connectivity index (χ3v) is 8.83. The summed E-state index contributed by atoms with van der Waals surface area (Å²) in [4.78, 5) is 42.1. The predicted octanol–water partition coefficient (Wildman–Crippen LogP) is 2.40.